The van der Waals surface area contributed by atoms with Crippen LogP contribution in [0.5, 0.6) is 0 Å². The third-order valence-corrected chi connectivity index (χ3v) is 5.32. The molecule has 0 radical (unpaired) electrons. The number of esters is 1. The molecule has 1 atom stereocenters. The Morgan fingerprint density at radius 1 is 1.22 bits per heavy atom. The molecule has 1 aromatic rings. The molecule has 1 fully saturated rings. The first-order chi connectivity index (χ1) is 13.1. The van der Waals surface area contributed by atoms with Crippen LogP contribution in [0.2, 0.25) is 0 Å². The molecule has 2 rings (SSSR count). The summed E-state index contributed by atoms with van der Waals surface area (Å²) in [5.74, 6) is -0.453. The first-order valence-corrected chi connectivity index (χ1v) is 10.1. The van der Waals surface area contributed by atoms with Crippen LogP contribution in [0.3, 0.4) is 0 Å². The van der Waals surface area contributed by atoms with Crippen molar-refractivity contribution in [1.29, 1.82) is 0 Å². The van der Waals surface area contributed by atoms with Crippen molar-refractivity contribution in [3.05, 3.63) is 17.8 Å². The SMILES string of the molecule is CCOC(=O)c1ncoc1C(NC=O)C1(O)CCCCCCCCCCC1. The number of amides is 1. The molecular weight excluding hydrogens is 348 g/mol. The number of nitrogens with zero attached hydrogens (tertiary/aromatic N) is 1. The fraction of sp³-hybridized carbons (Fsp3) is 0.750. The molecule has 0 aliphatic heterocycles. The van der Waals surface area contributed by atoms with Crippen molar-refractivity contribution >= 4 is 12.4 Å². The van der Waals surface area contributed by atoms with Gasteiger partial charge in [-0.1, -0.05) is 57.8 Å². The first-order valence-electron chi connectivity index (χ1n) is 10.1. The summed E-state index contributed by atoms with van der Waals surface area (Å²) in [6, 6.07) is -0.833. The van der Waals surface area contributed by atoms with E-state index in [2.05, 4.69) is 10.3 Å². The minimum atomic E-state index is -1.19. The second-order valence-corrected chi connectivity index (χ2v) is 7.29. The van der Waals surface area contributed by atoms with Crippen LogP contribution < -0.4 is 5.32 Å². The van der Waals surface area contributed by atoms with Crippen LogP contribution >= 0.6 is 0 Å². The van der Waals surface area contributed by atoms with Crippen molar-refractivity contribution in [1.82, 2.24) is 10.3 Å². The number of oxazole rings is 1. The van der Waals surface area contributed by atoms with Crippen molar-refractivity contribution in [2.45, 2.75) is 89.2 Å². The van der Waals surface area contributed by atoms with Gasteiger partial charge in [0.1, 0.15) is 6.04 Å². The van der Waals surface area contributed by atoms with Gasteiger partial charge in [0.25, 0.3) is 0 Å². The van der Waals surface area contributed by atoms with E-state index >= 15 is 0 Å². The van der Waals surface area contributed by atoms with Gasteiger partial charge in [-0.3, -0.25) is 4.79 Å². The summed E-state index contributed by atoms with van der Waals surface area (Å²) in [7, 11) is 0. The third kappa shape index (κ3) is 6.06. The Morgan fingerprint density at radius 3 is 2.30 bits per heavy atom. The van der Waals surface area contributed by atoms with Gasteiger partial charge in [0, 0.05) is 0 Å². The molecule has 1 saturated carbocycles. The van der Waals surface area contributed by atoms with Crippen molar-refractivity contribution < 1.29 is 23.8 Å². The average Bonchev–Trinajstić information content (AvgIpc) is 3.12. The van der Waals surface area contributed by atoms with Gasteiger partial charge in [-0.15, -0.1) is 0 Å². The van der Waals surface area contributed by atoms with E-state index in [1.807, 2.05) is 0 Å². The molecule has 1 unspecified atom stereocenters. The number of carbonyl (C=O) groups excluding carboxylic acids is 2. The molecule has 152 valence electrons. The summed E-state index contributed by atoms with van der Waals surface area (Å²) in [5, 5.41) is 14.2. The average molecular weight is 380 g/mol. The van der Waals surface area contributed by atoms with Gasteiger partial charge >= 0.3 is 5.97 Å². The van der Waals surface area contributed by atoms with E-state index in [-0.39, 0.29) is 18.1 Å². The van der Waals surface area contributed by atoms with E-state index in [4.69, 9.17) is 9.15 Å². The molecule has 1 aliphatic rings. The molecule has 7 heteroatoms. The summed E-state index contributed by atoms with van der Waals surface area (Å²) in [6.07, 6.45) is 12.6. The van der Waals surface area contributed by atoms with Gasteiger partial charge < -0.3 is 19.6 Å². The van der Waals surface area contributed by atoms with Crippen LogP contribution in [0, 0.1) is 0 Å². The Labute approximate surface area is 160 Å². The Hall–Kier alpha value is -1.89. The number of hydrogen-bond donors (Lipinski definition) is 2. The highest BCUT2D eigenvalue weighted by Crippen LogP contribution is 2.37. The summed E-state index contributed by atoms with van der Waals surface area (Å²) < 4.78 is 10.5. The summed E-state index contributed by atoms with van der Waals surface area (Å²) in [5.41, 5.74) is -1.18. The molecule has 1 aliphatic carbocycles. The largest absolute Gasteiger partial charge is 0.461 e. The fourth-order valence-corrected chi connectivity index (χ4v) is 3.87. The molecule has 27 heavy (non-hydrogen) atoms. The van der Waals surface area contributed by atoms with Crippen LogP contribution in [0.25, 0.3) is 0 Å². The maximum absolute atomic E-state index is 12.2. The molecule has 0 aromatic carbocycles. The van der Waals surface area contributed by atoms with E-state index in [0.717, 1.165) is 44.9 Å². The van der Waals surface area contributed by atoms with Crippen LogP contribution in [-0.4, -0.2) is 34.7 Å². The Kier molecular flexibility index (Phi) is 8.78. The molecular formula is C20H32N2O5. The van der Waals surface area contributed by atoms with Gasteiger partial charge in [-0.2, -0.15) is 0 Å². The third-order valence-electron chi connectivity index (χ3n) is 5.32. The second-order valence-electron chi connectivity index (χ2n) is 7.29. The van der Waals surface area contributed by atoms with Gasteiger partial charge in [0.15, 0.2) is 17.8 Å². The van der Waals surface area contributed by atoms with Crippen LogP contribution in [0.1, 0.15) is 99.8 Å². The normalized spacial score (nSPS) is 19.9. The van der Waals surface area contributed by atoms with E-state index < -0.39 is 17.6 Å². The topological polar surface area (TPSA) is 102 Å². The molecule has 0 bridgehead atoms. The van der Waals surface area contributed by atoms with E-state index in [9.17, 15) is 14.7 Å². The lowest BCUT2D eigenvalue weighted by molar-refractivity contribution is -0.113. The van der Waals surface area contributed by atoms with E-state index in [1.165, 1.54) is 19.3 Å². The summed E-state index contributed by atoms with van der Waals surface area (Å²) in [4.78, 5) is 27.4. The van der Waals surface area contributed by atoms with Crippen molar-refractivity contribution in [2.24, 2.45) is 0 Å². The maximum atomic E-state index is 12.2. The van der Waals surface area contributed by atoms with Crippen molar-refractivity contribution in [3.8, 4) is 0 Å². The number of ether oxygens (including phenoxy) is 1. The standard InChI is InChI=1S/C20H32N2O5/c1-2-26-19(24)16-17(27-15-22-16)18(21-14-23)20(25)12-10-8-6-4-3-5-7-9-11-13-20/h14-15,18,25H,2-13H2,1H3,(H,21,23). The zero-order valence-corrected chi connectivity index (χ0v) is 16.2. The van der Waals surface area contributed by atoms with E-state index in [1.54, 1.807) is 6.92 Å². The zero-order chi connectivity index (χ0) is 19.5. The number of nitrogens with one attached hydrogen (secondary N) is 1. The monoisotopic (exact) mass is 380 g/mol. The van der Waals surface area contributed by atoms with Crippen molar-refractivity contribution in [3.63, 3.8) is 0 Å². The van der Waals surface area contributed by atoms with Gasteiger partial charge in [-0.05, 0) is 19.8 Å². The van der Waals surface area contributed by atoms with Gasteiger partial charge in [0.05, 0.1) is 12.2 Å². The smallest absolute Gasteiger partial charge is 0.360 e. The Morgan fingerprint density at radius 2 is 1.78 bits per heavy atom. The maximum Gasteiger partial charge on any atom is 0.360 e. The molecule has 2 N–H and O–H groups in total. The zero-order valence-electron chi connectivity index (χ0n) is 16.2. The number of rotatable bonds is 6. The first kappa shape index (κ1) is 21.4. The van der Waals surface area contributed by atoms with Crippen molar-refractivity contribution in [2.75, 3.05) is 6.61 Å². The number of carbonyl (C=O) groups is 2. The highest BCUT2D eigenvalue weighted by Gasteiger charge is 2.41. The molecule has 1 heterocycles. The molecule has 1 aromatic heterocycles. The minimum absolute atomic E-state index is 0.00995. The molecule has 0 spiro atoms. The lowest BCUT2D eigenvalue weighted by atomic mass is 9.81. The minimum Gasteiger partial charge on any atom is -0.461 e. The molecule has 1 amide bonds. The van der Waals surface area contributed by atoms with Gasteiger partial charge in [0.2, 0.25) is 6.41 Å². The number of aliphatic hydroxyl groups is 1. The fourth-order valence-electron chi connectivity index (χ4n) is 3.87. The lowest BCUT2D eigenvalue weighted by Crippen LogP contribution is -2.44. The quantitative estimate of drug-likeness (QED) is 0.577. The molecule has 0 saturated heterocycles. The lowest BCUT2D eigenvalue weighted by Gasteiger charge is -2.35. The van der Waals surface area contributed by atoms with E-state index in [0.29, 0.717) is 19.3 Å². The Balaban J connectivity index is 2.26. The summed E-state index contributed by atoms with van der Waals surface area (Å²) >= 11 is 0. The number of hydrogen-bond acceptors (Lipinski definition) is 6. The van der Waals surface area contributed by atoms with Gasteiger partial charge in [-0.25, -0.2) is 9.78 Å². The highest BCUT2D eigenvalue weighted by molar-refractivity contribution is 5.88. The molecule has 7 nitrogen and oxygen atoms in total. The number of aromatic nitrogens is 1. The summed E-state index contributed by atoms with van der Waals surface area (Å²) in [6.45, 7) is 1.92. The second kappa shape index (κ2) is 11.1. The van der Waals surface area contributed by atoms with Crippen LogP contribution in [0.15, 0.2) is 10.8 Å². The van der Waals surface area contributed by atoms with Crippen LogP contribution in [-0.2, 0) is 9.53 Å². The Bertz CT molecular complexity index is 575. The predicted molar refractivity (Wildman–Crippen MR) is 100 cm³/mol. The van der Waals surface area contributed by atoms with Crippen LogP contribution in [0.4, 0.5) is 0 Å². The highest BCUT2D eigenvalue weighted by atomic mass is 16.5. The predicted octanol–water partition coefficient (Wildman–Crippen LogP) is 3.67.